The number of nitrogens with one attached hydrogen (secondary N) is 2. The maximum atomic E-state index is 13.0. The first-order valence-corrected chi connectivity index (χ1v) is 11.3. The molecule has 0 spiro atoms. The number of rotatable bonds is 4. The van der Waals surface area contributed by atoms with Crippen molar-refractivity contribution in [3.05, 3.63) is 43.8 Å². The minimum absolute atomic E-state index is 0.0204. The average Bonchev–Trinajstić information content (AvgIpc) is 3.06. The van der Waals surface area contributed by atoms with Gasteiger partial charge in [0.05, 0.1) is 17.1 Å². The van der Waals surface area contributed by atoms with E-state index in [1.165, 1.54) is 17.0 Å². The van der Waals surface area contributed by atoms with E-state index in [0.717, 1.165) is 29.8 Å². The van der Waals surface area contributed by atoms with Crippen molar-refractivity contribution >= 4 is 27.9 Å². The number of phenolic OH excluding ortho intramolecular Hbond substituents is 1. The summed E-state index contributed by atoms with van der Waals surface area (Å²) in [7, 11) is 0. The van der Waals surface area contributed by atoms with Gasteiger partial charge in [0, 0.05) is 16.5 Å². The molecule has 2 aliphatic rings. The summed E-state index contributed by atoms with van der Waals surface area (Å²) >= 11 is 1.60. The van der Waals surface area contributed by atoms with Gasteiger partial charge in [0.1, 0.15) is 11.2 Å². The number of carbonyl (C=O) groups excluding carboxylic acids is 1. The fourth-order valence-electron chi connectivity index (χ4n) is 4.39. The molecule has 31 heavy (non-hydrogen) atoms. The molecule has 2 atom stereocenters. The van der Waals surface area contributed by atoms with E-state index in [2.05, 4.69) is 31.4 Å². The molecule has 1 aliphatic heterocycles. The van der Waals surface area contributed by atoms with Crippen LogP contribution in [0.15, 0.2) is 12.1 Å². The molecule has 1 aromatic heterocycles. The molecule has 2 aromatic rings. The molecule has 9 heteroatoms. The van der Waals surface area contributed by atoms with Gasteiger partial charge in [0.15, 0.2) is 5.75 Å². The fourth-order valence-corrected chi connectivity index (χ4v) is 5.74. The van der Waals surface area contributed by atoms with E-state index in [9.17, 15) is 20.0 Å². The van der Waals surface area contributed by atoms with E-state index in [1.54, 1.807) is 18.3 Å². The number of fused-ring (bicyclic) bond motifs is 3. The van der Waals surface area contributed by atoms with Crippen molar-refractivity contribution in [1.29, 1.82) is 0 Å². The molecule has 0 saturated heterocycles. The summed E-state index contributed by atoms with van der Waals surface area (Å²) in [4.78, 5) is 25.0. The molecule has 8 nitrogen and oxygen atoms in total. The Kier molecular flexibility index (Phi) is 5.33. The summed E-state index contributed by atoms with van der Waals surface area (Å²) < 4.78 is 5.37. The zero-order chi connectivity index (χ0) is 22.5. The van der Waals surface area contributed by atoms with Crippen molar-refractivity contribution in [3.8, 4) is 11.5 Å². The Bertz CT molecular complexity index is 1060. The molecular formula is C22H27N3O5S. The van der Waals surface area contributed by atoms with E-state index in [4.69, 9.17) is 4.74 Å². The second kappa shape index (κ2) is 7.71. The third kappa shape index (κ3) is 3.82. The number of hydrogen-bond donors (Lipinski definition) is 3. The number of carbonyl (C=O) groups is 1. The Morgan fingerprint density at radius 2 is 2.06 bits per heavy atom. The quantitative estimate of drug-likeness (QED) is 0.462. The molecule has 1 aliphatic carbocycles. The first-order chi connectivity index (χ1) is 14.6. The molecule has 1 amide bonds. The predicted molar refractivity (Wildman–Crippen MR) is 119 cm³/mol. The largest absolute Gasteiger partial charge is 0.500 e. The SMILES string of the molecule is CCOc1cc([C@@H]2NC(=O)c3c(sc4c3CC[C@H](C(C)(C)C)C4)N2)cc([N+](=O)[O-])c1O. The number of ether oxygens (including phenoxy) is 1. The van der Waals surface area contributed by atoms with Crippen LogP contribution in [-0.2, 0) is 12.8 Å². The molecule has 0 saturated carbocycles. The molecule has 166 valence electrons. The first kappa shape index (κ1) is 21.4. The van der Waals surface area contributed by atoms with E-state index >= 15 is 0 Å². The number of benzene rings is 1. The number of nitro benzene ring substituents is 1. The van der Waals surface area contributed by atoms with Crippen molar-refractivity contribution in [1.82, 2.24) is 5.32 Å². The lowest BCUT2D eigenvalue weighted by atomic mass is 9.72. The van der Waals surface area contributed by atoms with Crippen LogP contribution >= 0.6 is 11.3 Å². The summed E-state index contributed by atoms with van der Waals surface area (Å²) in [5.41, 5.74) is 2.02. The van der Waals surface area contributed by atoms with Crippen LogP contribution in [0.1, 0.15) is 66.6 Å². The topological polar surface area (TPSA) is 114 Å². The van der Waals surface area contributed by atoms with Gasteiger partial charge in [-0.15, -0.1) is 11.3 Å². The second-order valence-electron chi connectivity index (χ2n) is 9.14. The van der Waals surface area contributed by atoms with E-state index in [-0.39, 0.29) is 23.7 Å². The fraction of sp³-hybridized carbons (Fsp3) is 0.500. The third-order valence-electron chi connectivity index (χ3n) is 6.17. The van der Waals surface area contributed by atoms with Crippen LogP contribution in [0.2, 0.25) is 0 Å². The molecule has 2 heterocycles. The number of aromatic hydroxyl groups is 1. The third-order valence-corrected chi connectivity index (χ3v) is 7.36. The average molecular weight is 446 g/mol. The molecule has 0 unspecified atom stereocenters. The predicted octanol–water partition coefficient (Wildman–Crippen LogP) is 4.77. The lowest BCUT2D eigenvalue weighted by Crippen LogP contribution is -2.38. The van der Waals surface area contributed by atoms with Crippen LogP contribution in [0.4, 0.5) is 10.7 Å². The standard InChI is InChI=1S/C22H27N3O5S/c1-5-30-15-9-11(8-14(18(15)26)25(28)29)19-23-20(27)17-13-7-6-12(22(2,3)4)10-16(13)31-21(17)24-19/h8-9,12,19,24,26H,5-7,10H2,1-4H3,(H,23,27)/t12-,19+/m0/s1. The Morgan fingerprint density at radius 3 is 2.71 bits per heavy atom. The molecule has 0 radical (unpaired) electrons. The molecule has 3 N–H and O–H groups in total. The first-order valence-electron chi connectivity index (χ1n) is 10.5. The molecular weight excluding hydrogens is 418 g/mol. The maximum Gasteiger partial charge on any atom is 0.315 e. The van der Waals surface area contributed by atoms with Crippen molar-refractivity contribution in [3.63, 3.8) is 0 Å². The van der Waals surface area contributed by atoms with Gasteiger partial charge >= 0.3 is 5.69 Å². The highest BCUT2D eigenvalue weighted by molar-refractivity contribution is 7.16. The molecule has 1 aromatic carbocycles. The number of nitrogens with zero attached hydrogens (tertiary/aromatic N) is 1. The van der Waals surface area contributed by atoms with Gasteiger partial charge in [-0.2, -0.15) is 0 Å². The zero-order valence-corrected chi connectivity index (χ0v) is 18.9. The monoisotopic (exact) mass is 445 g/mol. The van der Waals surface area contributed by atoms with Crippen LogP contribution in [-0.4, -0.2) is 22.5 Å². The van der Waals surface area contributed by atoms with Crippen molar-refractivity contribution < 1.29 is 19.6 Å². The van der Waals surface area contributed by atoms with Gasteiger partial charge in [-0.3, -0.25) is 14.9 Å². The van der Waals surface area contributed by atoms with Gasteiger partial charge in [-0.25, -0.2) is 0 Å². The highest BCUT2D eigenvalue weighted by Crippen LogP contribution is 2.47. The molecule has 0 bridgehead atoms. The summed E-state index contributed by atoms with van der Waals surface area (Å²) in [6.45, 7) is 8.74. The molecule has 0 fully saturated rings. The van der Waals surface area contributed by atoms with E-state index in [0.29, 0.717) is 17.0 Å². The Hall–Kier alpha value is -2.81. The second-order valence-corrected chi connectivity index (χ2v) is 10.2. The lowest BCUT2D eigenvalue weighted by Gasteiger charge is -2.34. The number of nitro groups is 1. The van der Waals surface area contributed by atoms with Crippen LogP contribution in [0.5, 0.6) is 11.5 Å². The summed E-state index contributed by atoms with van der Waals surface area (Å²) in [5.74, 6) is -0.114. The Labute approximate surface area is 184 Å². The van der Waals surface area contributed by atoms with Crippen LogP contribution in [0.25, 0.3) is 0 Å². The van der Waals surface area contributed by atoms with Gasteiger partial charge in [-0.05, 0) is 49.1 Å². The number of anilines is 1. The zero-order valence-electron chi connectivity index (χ0n) is 18.1. The van der Waals surface area contributed by atoms with Gasteiger partial charge in [-0.1, -0.05) is 20.8 Å². The number of thiophene rings is 1. The van der Waals surface area contributed by atoms with Gasteiger partial charge < -0.3 is 20.5 Å². The van der Waals surface area contributed by atoms with Crippen molar-refractivity contribution in [2.24, 2.45) is 11.3 Å². The smallest absolute Gasteiger partial charge is 0.315 e. The number of phenols is 1. The maximum absolute atomic E-state index is 13.0. The highest BCUT2D eigenvalue weighted by atomic mass is 32.1. The van der Waals surface area contributed by atoms with E-state index < -0.39 is 22.5 Å². The number of amides is 1. The summed E-state index contributed by atoms with van der Waals surface area (Å²) in [5, 5.41) is 28.6. The Balaban J connectivity index is 1.69. The molecule has 4 rings (SSSR count). The van der Waals surface area contributed by atoms with Crippen molar-refractivity contribution in [2.45, 2.75) is 53.1 Å². The summed E-state index contributed by atoms with van der Waals surface area (Å²) in [6, 6.07) is 2.79. The van der Waals surface area contributed by atoms with Crippen molar-refractivity contribution in [2.75, 3.05) is 11.9 Å². The van der Waals surface area contributed by atoms with E-state index in [1.807, 2.05) is 0 Å². The van der Waals surface area contributed by atoms with Crippen LogP contribution in [0, 0.1) is 21.4 Å². The lowest BCUT2D eigenvalue weighted by molar-refractivity contribution is -0.386. The summed E-state index contributed by atoms with van der Waals surface area (Å²) in [6.07, 6.45) is 2.23. The van der Waals surface area contributed by atoms with Gasteiger partial charge in [0.2, 0.25) is 5.75 Å². The minimum Gasteiger partial charge on any atom is -0.500 e. The van der Waals surface area contributed by atoms with Crippen LogP contribution in [0.3, 0.4) is 0 Å². The minimum atomic E-state index is -0.659. The normalized spacial score (nSPS) is 20.3. The highest BCUT2D eigenvalue weighted by Gasteiger charge is 2.37. The number of hydrogen-bond acceptors (Lipinski definition) is 7. The Morgan fingerprint density at radius 1 is 1.32 bits per heavy atom. The van der Waals surface area contributed by atoms with Crippen LogP contribution < -0.4 is 15.4 Å². The van der Waals surface area contributed by atoms with Gasteiger partial charge in [0.25, 0.3) is 5.91 Å².